The van der Waals surface area contributed by atoms with Gasteiger partial charge in [0.15, 0.2) is 5.16 Å². The maximum Gasteiger partial charge on any atom is 0.230 e. The van der Waals surface area contributed by atoms with Crippen molar-refractivity contribution in [3.8, 4) is 5.69 Å². The number of imidazole rings is 1. The summed E-state index contributed by atoms with van der Waals surface area (Å²) in [5.41, 5.74) is 4.90. The van der Waals surface area contributed by atoms with Crippen LogP contribution in [0.2, 0.25) is 0 Å². The normalized spacial score (nSPS) is 16.0. The Labute approximate surface area is 164 Å². The van der Waals surface area contributed by atoms with Gasteiger partial charge in [-0.1, -0.05) is 54.2 Å². The molecule has 1 heterocycles. The summed E-state index contributed by atoms with van der Waals surface area (Å²) in [5.74, 6) is 0.419. The molecule has 0 saturated carbocycles. The number of carbonyl (C=O) groups excluding carboxylic acids is 1. The number of carbonyl (C=O) groups is 1. The van der Waals surface area contributed by atoms with Crippen molar-refractivity contribution in [2.24, 2.45) is 0 Å². The van der Waals surface area contributed by atoms with Crippen LogP contribution < -0.4 is 5.32 Å². The molecule has 2 aromatic carbocycles. The smallest absolute Gasteiger partial charge is 0.230 e. The Balaban J connectivity index is 1.42. The Morgan fingerprint density at radius 2 is 2.04 bits per heavy atom. The first-order chi connectivity index (χ1) is 13.2. The van der Waals surface area contributed by atoms with Crippen molar-refractivity contribution in [1.82, 2.24) is 14.9 Å². The van der Waals surface area contributed by atoms with Crippen molar-refractivity contribution in [1.29, 1.82) is 0 Å². The highest BCUT2D eigenvalue weighted by atomic mass is 32.2. The molecule has 138 valence electrons. The number of nitrogens with zero attached hydrogens (tertiary/aromatic N) is 2. The van der Waals surface area contributed by atoms with E-state index in [1.807, 2.05) is 22.9 Å². The molecule has 4 nitrogen and oxygen atoms in total. The van der Waals surface area contributed by atoms with Crippen molar-refractivity contribution in [2.45, 2.75) is 37.4 Å². The van der Waals surface area contributed by atoms with Gasteiger partial charge in [0, 0.05) is 12.4 Å². The lowest BCUT2D eigenvalue weighted by Crippen LogP contribution is -2.32. The van der Waals surface area contributed by atoms with Crippen LogP contribution >= 0.6 is 11.8 Å². The predicted octanol–water partition coefficient (Wildman–Crippen LogP) is 4.47. The van der Waals surface area contributed by atoms with Crippen molar-refractivity contribution >= 4 is 17.7 Å². The molecule has 1 aliphatic rings. The van der Waals surface area contributed by atoms with Crippen LogP contribution in [0.4, 0.5) is 0 Å². The van der Waals surface area contributed by atoms with Crippen LogP contribution in [0.25, 0.3) is 5.69 Å². The molecule has 0 fully saturated rings. The monoisotopic (exact) mass is 377 g/mol. The second kappa shape index (κ2) is 8.01. The van der Waals surface area contributed by atoms with Crippen LogP contribution in [0.1, 0.15) is 35.6 Å². The minimum Gasteiger partial charge on any atom is -0.349 e. The molecule has 0 radical (unpaired) electrons. The summed E-state index contributed by atoms with van der Waals surface area (Å²) in [7, 11) is 0. The molecule has 0 saturated heterocycles. The standard InChI is InChI=1S/C22H23N3OS/c1-16-7-2-5-12-20(16)25-14-13-23-22(25)27-15-21(26)24-19-11-6-9-17-8-3-4-10-18(17)19/h2-5,7-8,10,12-14,19H,6,9,11,15H2,1H3,(H,24,26). The lowest BCUT2D eigenvalue weighted by atomic mass is 9.88. The van der Waals surface area contributed by atoms with Crippen LogP contribution in [0.15, 0.2) is 66.1 Å². The van der Waals surface area contributed by atoms with E-state index < -0.39 is 0 Å². The molecule has 1 N–H and O–H groups in total. The topological polar surface area (TPSA) is 46.9 Å². The Kier molecular flexibility index (Phi) is 5.30. The number of amides is 1. The molecular formula is C22H23N3OS. The Morgan fingerprint density at radius 3 is 2.93 bits per heavy atom. The molecule has 1 aliphatic carbocycles. The summed E-state index contributed by atoms with van der Waals surface area (Å²) in [4.78, 5) is 17.0. The number of fused-ring (bicyclic) bond motifs is 1. The van der Waals surface area contributed by atoms with E-state index in [0.717, 1.165) is 30.1 Å². The average Bonchev–Trinajstić information content (AvgIpc) is 3.15. The predicted molar refractivity (Wildman–Crippen MR) is 109 cm³/mol. The third-order valence-electron chi connectivity index (χ3n) is 5.02. The highest BCUT2D eigenvalue weighted by Crippen LogP contribution is 2.29. The molecule has 0 aliphatic heterocycles. The Morgan fingerprint density at radius 1 is 1.22 bits per heavy atom. The van der Waals surface area contributed by atoms with Gasteiger partial charge in [-0.25, -0.2) is 4.98 Å². The number of aryl methyl sites for hydroxylation is 2. The average molecular weight is 378 g/mol. The van der Waals surface area contributed by atoms with Crippen molar-refractivity contribution in [3.05, 3.63) is 77.6 Å². The molecule has 27 heavy (non-hydrogen) atoms. The third-order valence-corrected chi connectivity index (χ3v) is 5.99. The molecule has 1 amide bonds. The van der Waals surface area contributed by atoms with E-state index in [1.54, 1.807) is 6.20 Å². The molecule has 1 aromatic heterocycles. The number of nitrogens with one attached hydrogen (secondary N) is 1. The lowest BCUT2D eigenvalue weighted by molar-refractivity contribution is -0.119. The van der Waals surface area contributed by atoms with Crippen LogP contribution in [0.3, 0.4) is 0 Å². The van der Waals surface area contributed by atoms with Gasteiger partial charge in [-0.05, 0) is 48.9 Å². The Hall–Kier alpha value is -2.53. The van der Waals surface area contributed by atoms with Crippen molar-refractivity contribution < 1.29 is 4.79 Å². The van der Waals surface area contributed by atoms with Crippen LogP contribution in [-0.4, -0.2) is 21.2 Å². The molecule has 5 heteroatoms. The highest BCUT2D eigenvalue weighted by molar-refractivity contribution is 7.99. The SMILES string of the molecule is Cc1ccccc1-n1ccnc1SCC(=O)NC1CCCc2ccccc21. The number of hydrogen-bond acceptors (Lipinski definition) is 3. The van der Waals surface area contributed by atoms with Crippen molar-refractivity contribution in [2.75, 3.05) is 5.75 Å². The van der Waals surface area contributed by atoms with Gasteiger partial charge in [-0.2, -0.15) is 0 Å². The second-order valence-corrected chi connectivity index (χ2v) is 7.81. The van der Waals surface area contributed by atoms with E-state index in [2.05, 4.69) is 53.6 Å². The van der Waals surface area contributed by atoms with E-state index in [0.29, 0.717) is 5.75 Å². The maximum absolute atomic E-state index is 12.6. The summed E-state index contributed by atoms with van der Waals surface area (Å²) in [6.45, 7) is 2.08. The number of aromatic nitrogens is 2. The summed E-state index contributed by atoms with van der Waals surface area (Å²) in [6, 6.07) is 16.7. The summed E-state index contributed by atoms with van der Waals surface area (Å²) in [5, 5.41) is 4.05. The van der Waals surface area contributed by atoms with Gasteiger partial charge in [0.1, 0.15) is 0 Å². The van der Waals surface area contributed by atoms with Crippen LogP contribution in [0, 0.1) is 6.92 Å². The number of hydrogen-bond donors (Lipinski definition) is 1. The minimum absolute atomic E-state index is 0.0565. The zero-order chi connectivity index (χ0) is 18.6. The number of rotatable bonds is 5. The third kappa shape index (κ3) is 3.93. The summed E-state index contributed by atoms with van der Waals surface area (Å²) < 4.78 is 2.04. The van der Waals surface area contributed by atoms with Crippen molar-refractivity contribution in [3.63, 3.8) is 0 Å². The van der Waals surface area contributed by atoms with Gasteiger partial charge in [0.05, 0.1) is 17.5 Å². The number of para-hydroxylation sites is 1. The second-order valence-electron chi connectivity index (χ2n) is 6.87. The van der Waals surface area contributed by atoms with Gasteiger partial charge in [0.2, 0.25) is 5.91 Å². The number of benzene rings is 2. The summed E-state index contributed by atoms with van der Waals surface area (Å²) >= 11 is 1.48. The highest BCUT2D eigenvalue weighted by Gasteiger charge is 2.21. The van der Waals surface area contributed by atoms with E-state index in [-0.39, 0.29) is 11.9 Å². The molecule has 1 atom stereocenters. The molecule has 3 aromatic rings. The van der Waals surface area contributed by atoms with Crippen LogP contribution in [-0.2, 0) is 11.2 Å². The minimum atomic E-state index is 0.0565. The fourth-order valence-electron chi connectivity index (χ4n) is 3.68. The van der Waals surface area contributed by atoms with E-state index in [4.69, 9.17) is 0 Å². The largest absolute Gasteiger partial charge is 0.349 e. The first-order valence-corrected chi connectivity index (χ1v) is 10.3. The van der Waals surface area contributed by atoms with Crippen LogP contribution in [0.5, 0.6) is 0 Å². The maximum atomic E-state index is 12.6. The molecule has 0 spiro atoms. The number of thioether (sulfide) groups is 1. The zero-order valence-corrected chi connectivity index (χ0v) is 16.2. The summed E-state index contributed by atoms with van der Waals surface area (Å²) in [6.07, 6.45) is 6.95. The lowest BCUT2D eigenvalue weighted by Gasteiger charge is -2.26. The fraction of sp³-hybridized carbons (Fsp3) is 0.273. The molecule has 4 rings (SSSR count). The van der Waals surface area contributed by atoms with E-state index in [9.17, 15) is 4.79 Å². The first-order valence-electron chi connectivity index (χ1n) is 9.31. The Bertz CT molecular complexity index is 950. The zero-order valence-electron chi connectivity index (χ0n) is 15.4. The van der Waals surface area contributed by atoms with Gasteiger partial charge in [-0.3, -0.25) is 9.36 Å². The fourth-order valence-corrected chi connectivity index (χ4v) is 4.46. The molecule has 1 unspecified atom stereocenters. The van der Waals surface area contributed by atoms with Gasteiger partial charge in [-0.15, -0.1) is 0 Å². The van der Waals surface area contributed by atoms with E-state index in [1.165, 1.54) is 28.5 Å². The van der Waals surface area contributed by atoms with Gasteiger partial charge >= 0.3 is 0 Å². The van der Waals surface area contributed by atoms with Gasteiger partial charge in [0.25, 0.3) is 0 Å². The quantitative estimate of drug-likeness (QED) is 0.668. The molecule has 0 bridgehead atoms. The molecular weight excluding hydrogens is 354 g/mol. The first kappa shape index (κ1) is 17.9. The van der Waals surface area contributed by atoms with Gasteiger partial charge < -0.3 is 5.32 Å². The van der Waals surface area contributed by atoms with E-state index >= 15 is 0 Å².